The molecular weight excluding hydrogens is 402 g/mol. The molecule has 0 spiro atoms. The van der Waals surface area contributed by atoms with E-state index in [0.29, 0.717) is 5.76 Å². The maximum Gasteiger partial charge on any atom is 0.337 e. The molecule has 3 rings (SSSR count). The third-order valence-corrected chi connectivity index (χ3v) is 5.89. The van der Waals surface area contributed by atoms with E-state index in [9.17, 15) is 13.2 Å². The Bertz CT molecular complexity index is 1050. The van der Waals surface area contributed by atoms with Gasteiger partial charge in [-0.2, -0.15) is 0 Å². The molecule has 1 aliphatic rings. The number of ether oxygens (including phenoxy) is 2. The molecular formula is C23H25NO5S. The summed E-state index contributed by atoms with van der Waals surface area (Å²) in [4.78, 5) is 12.0. The molecule has 1 aliphatic heterocycles. The Morgan fingerprint density at radius 3 is 2.33 bits per heavy atom. The van der Waals surface area contributed by atoms with Gasteiger partial charge in [-0.25, -0.2) is 17.9 Å². The lowest BCUT2D eigenvalue weighted by molar-refractivity contribution is -0.206. The zero-order chi connectivity index (χ0) is 21.8. The van der Waals surface area contributed by atoms with Crippen LogP contribution in [0.25, 0.3) is 6.08 Å². The van der Waals surface area contributed by atoms with Crippen LogP contribution in [0, 0.1) is 6.92 Å². The van der Waals surface area contributed by atoms with Crippen molar-refractivity contribution in [1.29, 1.82) is 0 Å². The van der Waals surface area contributed by atoms with Crippen molar-refractivity contribution in [2.24, 2.45) is 0 Å². The molecule has 158 valence electrons. The summed E-state index contributed by atoms with van der Waals surface area (Å²) < 4.78 is 39.3. The van der Waals surface area contributed by atoms with Crippen LogP contribution in [-0.4, -0.2) is 26.2 Å². The van der Waals surface area contributed by atoms with E-state index >= 15 is 0 Å². The van der Waals surface area contributed by atoms with E-state index in [1.54, 1.807) is 44.2 Å². The first-order valence-corrected chi connectivity index (χ1v) is 11.1. The molecule has 2 aromatic rings. The quantitative estimate of drug-likeness (QED) is 0.677. The number of carbonyl (C=O) groups is 1. The zero-order valence-corrected chi connectivity index (χ0v) is 18.0. The number of cyclic esters (lactones) is 1. The molecule has 0 bridgehead atoms. The van der Waals surface area contributed by atoms with Gasteiger partial charge in [0.1, 0.15) is 5.76 Å². The predicted molar refractivity (Wildman–Crippen MR) is 115 cm³/mol. The highest BCUT2D eigenvalue weighted by atomic mass is 32.2. The van der Waals surface area contributed by atoms with Crippen LogP contribution in [0.4, 0.5) is 0 Å². The first-order valence-electron chi connectivity index (χ1n) is 9.58. The number of sulfonamides is 1. The smallest absolute Gasteiger partial charge is 0.337 e. The van der Waals surface area contributed by atoms with Gasteiger partial charge in [-0.15, -0.1) is 0 Å². The number of esters is 1. The fourth-order valence-corrected chi connectivity index (χ4v) is 4.20. The summed E-state index contributed by atoms with van der Waals surface area (Å²) in [7, 11) is -3.77. The van der Waals surface area contributed by atoms with E-state index in [4.69, 9.17) is 9.47 Å². The molecule has 1 heterocycles. The number of aryl methyl sites for hydroxylation is 1. The lowest BCUT2D eigenvalue weighted by Crippen LogP contribution is -2.38. The van der Waals surface area contributed by atoms with Gasteiger partial charge in [0.2, 0.25) is 15.8 Å². The van der Waals surface area contributed by atoms with E-state index in [-0.39, 0.29) is 11.3 Å². The molecule has 2 aromatic carbocycles. The molecule has 30 heavy (non-hydrogen) atoms. The van der Waals surface area contributed by atoms with E-state index in [1.165, 1.54) is 6.08 Å². The van der Waals surface area contributed by atoms with Gasteiger partial charge in [0.15, 0.2) is 0 Å². The standard InChI is InChI=1S/C23H25NO5S/c1-17-9-13-21(14-10-17)30(26,27)24-19(12-11-18-7-5-4-6-8-18)15-20-16-22(25)29-23(2,3)28-20/h4-14,16,19,24H,15H2,1-3H3/b12-11+. The van der Waals surface area contributed by atoms with Crippen LogP contribution in [0.2, 0.25) is 0 Å². The molecule has 0 radical (unpaired) electrons. The molecule has 0 aliphatic carbocycles. The molecule has 1 atom stereocenters. The molecule has 0 saturated carbocycles. The highest BCUT2D eigenvalue weighted by molar-refractivity contribution is 7.89. The van der Waals surface area contributed by atoms with E-state index in [2.05, 4.69) is 4.72 Å². The molecule has 0 amide bonds. The van der Waals surface area contributed by atoms with E-state index in [1.807, 2.05) is 43.3 Å². The van der Waals surface area contributed by atoms with Gasteiger partial charge in [0.05, 0.1) is 11.0 Å². The average molecular weight is 428 g/mol. The van der Waals surface area contributed by atoms with Crippen LogP contribution < -0.4 is 4.72 Å². The Morgan fingerprint density at radius 2 is 1.70 bits per heavy atom. The first kappa shape index (κ1) is 21.8. The van der Waals surface area contributed by atoms with Crippen LogP contribution in [-0.2, 0) is 24.3 Å². The van der Waals surface area contributed by atoms with Crippen LogP contribution >= 0.6 is 0 Å². The van der Waals surface area contributed by atoms with Crippen molar-refractivity contribution in [3.63, 3.8) is 0 Å². The van der Waals surface area contributed by atoms with Crippen molar-refractivity contribution in [2.45, 2.75) is 43.9 Å². The minimum absolute atomic E-state index is 0.160. The van der Waals surface area contributed by atoms with E-state index < -0.39 is 27.8 Å². The number of carbonyl (C=O) groups excluding carboxylic acids is 1. The molecule has 1 N–H and O–H groups in total. The lowest BCUT2D eigenvalue weighted by atomic mass is 10.1. The Hall–Kier alpha value is -2.90. The third-order valence-electron chi connectivity index (χ3n) is 4.38. The topological polar surface area (TPSA) is 81.7 Å². The van der Waals surface area contributed by atoms with E-state index in [0.717, 1.165) is 11.1 Å². The SMILES string of the molecule is Cc1ccc(S(=O)(=O)NC(/C=C/c2ccccc2)CC2=CC(=O)OC(C)(C)O2)cc1. The van der Waals surface area contributed by atoms with Crippen LogP contribution in [0.3, 0.4) is 0 Å². The fourth-order valence-electron chi connectivity index (χ4n) is 3.01. The molecule has 0 fully saturated rings. The van der Waals surface area contributed by atoms with Crippen LogP contribution in [0.5, 0.6) is 0 Å². The number of hydrogen-bond donors (Lipinski definition) is 1. The first-order chi connectivity index (χ1) is 14.1. The van der Waals surface area contributed by atoms with Crippen LogP contribution in [0.15, 0.2) is 77.4 Å². The van der Waals surface area contributed by atoms with Gasteiger partial charge in [-0.1, -0.05) is 60.2 Å². The fraction of sp³-hybridized carbons (Fsp3) is 0.261. The summed E-state index contributed by atoms with van der Waals surface area (Å²) in [6, 6.07) is 15.5. The van der Waals surface area contributed by atoms with Crippen molar-refractivity contribution in [3.8, 4) is 0 Å². The highest BCUT2D eigenvalue weighted by Gasteiger charge is 2.31. The Labute approximate surface area is 177 Å². The maximum atomic E-state index is 12.9. The zero-order valence-electron chi connectivity index (χ0n) is 17.2. The van der Waals surface area contributed by atoms with Gasteiger partial charge in [-0.05, 0) is 24.6 Å². The summed E-state index contributed by atoms with van der Waals surface area (Å²) in [6.45, 7) is 5.15. The molecule has 0 aromatic heterocycles. The van der Waals surface area contributed by atoms with Gasteiger partial charge in [0, 0.05) is 26.3 Å². The number of rotatable bonds is 7. The average Bonchev–Trinajstić information content (AvgIpc) is 2.65. The predicted octanol–water partition coefficient (Wildman–Crippen LogP) is 3.94. The minimum Gasteiger partial charge on any atom is -0.457 e. The van der Waals surface area contributed by atoms with Gasteiger partial charge in [-0.3, -0.25) is 0 Å². The second kappa shape index (κ2) is 8.85. The third kappa shape index (κ3) is 6.05. The number of benzene rings is 2. The van der Waals surface area contributed by atoms with Crippen molar-refractivity contribution < 1.29 is 22.7 Å². The summed E-state index contributed by atoms with van der Waals surface area (Å²) in [5.41, 5.74) is 1.89. The number of nitrogens with one attached hydrogen (secondary N) is 1. The van der Waals surface area contributed by atoms with Crippen LogP contribution in [0.1, 0.15) is 31.4 Å². The lowest BCUT2D eigenvalue weighted by Gasteiger charge is -2.31. The minimum atomic E-state index is -3.77. The molecule has 6 nitrogen and oxygen atoms in total. The Balaban J connectivity index is 1.86. The summed E-state index contributed by atoms with van der Waals surface area (Å²) in [5, 5.41) is 0. The summed E-state index contributed by atoms with van der Waals surface area (Å²) in [6.07, 6.45) is 4.98. The monoisotopic (exact) mass is 427 g/mol. The van der Waals surface area contributed by atoms with Gasteiger partial charge >= 0.3 is 5.97 Å². The second-order valence-corrected chi connectivity index (χ2v) is 9.26. The largest absolute Gasteiger partial charge is 0.457 e. The molecule has 0 saturated heterocycles. The molecule has 7 heteroatoms. The van der Waals surface area contributed by atoms with Crippen molar-refractivity contribution in [1.82, 2.24) is 4.72 Å². The Kier molecular flexibility index (Phi) is 6.43. The summed E-state index contributed by atoms with van der Waals surface area (Å²) >= 11 is 0. The Morgan fingerprint density at radius 1 is 1.03 bits per heavy atom. The number of hydrogen-bond acceptors (Lipinski definition) is 5. The molecule has 1 unspecified atom stereocenters. The second-order valence-electron chi connectivity index (χ2n) is 7.55. The van der Waals surface area contributed by atoms with Crippen molar-refractivity contribution in [3.05, 3.63) is 83.6 Å². The van der Waals surface area contributed by atoms with Crippen molar-refractivity contribution >= 4 is 22.1 Å². The maximum absolute atomic E-state index is 12.9. The summed E-state index contributed by atoms with van der Waals surface area (Å²) in [5.74, 6) is -1.27. The normalized spacial score (nSPS) is 17.2. The van der Waals surface area contributed by atoms with Gasteiger partial charge in [0.25, 0.3) is 0 Å². The van der Waals surface area contributed by atoms with Gasteiger partial charge < -0.3 is 9.47 Å². The highest BCUT2D eigenvalue weighted by Crippen LogP contribution is 2.25. The van der Waals surface area contributed by atoms with Crippen molar-refractivity contribution in [2.75, 3.05) is 0 Å².